The number of likely N-dealkylation sites (tertiary alicyclic amines) is 2. The average Bonchev–Trinajstić information content (AvgIpc) is 3.82. The Morgan fingerprint density at radius 1 is 0.641 bits per heavy atom. The number of amides is 4. The number of aromatic carboxylic acids is 2. The molecule has 0 aromatic heterocycles. The Morgan fingerprint density at radius 3 is 1.33 bits per heavy atom. The van der Waals surface area contributed by atoms with Crippen LogP contribution < -0.4 is 99.2 Å². The molecule has 4 amide bonds. The zero-order valence-corrected chi connectivity index (χ0v) is 40.1. The van der Waals surface area contributed by atoms with Crippen LogP contribution in [-0.2, 0) is 32.0 Å². The molecule has 10 N–H and O–H groups in total. The van der Waals surface area contributed by atoms with E-state index in [-0.39, 0.29) is 167 Å². The number of carbonyl (C=O) groups is 6. The molecule has 26 heteroatoms. The van der Waals surface area contributed by atoms with Gasteiger partial charge in [0.25, 0.3) is 0 Å². The zero-order valence-electron chi connectivity index (χ0n) is 36.1. The molecule has 64 heavy (non-hydrogen) atoms. The van der Waals surface area contributed by atoms with Crippen LogP contribution in [0.15, 0.2) is 24.3 Å². The van der Waals surface area contributed by atoms with Gasteiger partial charge in [-0.3, -0.25) is 19.2 Å². The molecule has 0 aliphatic carbocycles. The van der Waals surface area contributed by atoms with Gasteiger partial charge in [-0.1, -0.05) is 24.8 Å². The molecule has 0 saturated carbocycles. The van der Waals surface area contributed by atoms with Crippen molar-refractivity contribution in [3.05, 3.63) is 46.5 Å². The summed E-state index contributed by atoms with van der Waals surface area (Å²) >= 11 is 0. The van der Waals surface area contributed by atoms with Crippen molar-refractivity contribution >= 4 is 49.1 Å². The normalized spacial score (nSPS) is 23.8. The Balaban J connectivity index is 0.000000234. The van der Waals surface area contributed by atoms with Gasteiger partial charge in [0.1, 0.15) is 34.8 Å². The number of hydrogen-bond acceptors (Lipinski definition) is 16. The van der Waals surface area contributed by atoms with Crippen molar-refractivity contribution in [2.45, 2.75) is 88.5 Å². The molecule has 0 bridgehead atoms. The van der Waals surface area contributed by atoms with Gasteiger partial charge in [-0.05, 0) is 48.9 Å². The van der Waals surface area contributed by atoms with Crippen LogP contribution in [0.1, 0.15) is 58.5 Å². The first kappa shape index (κ1) is 51.3. The van der Waals surface area contributed by atoms with Crippen LogP contribution in [0.4, 0.5) is 0 Å². The first-order chi connectivity index (χ1) is 29.3. The van der Waals surface area contributed by atoms with E-state index in [1.54, 1.807) is 21.9 Å². The Bertz CT molecular complexity index is 2000. The van der Waals surface area contributed by atoms with Gasteiger partial charge in [-0.25, -0.2) is 9.59 Å². The fraction of sp³-hybridized carbons (Fsp3) is 0.526. The molecule has 4 atom stereocenters. The fourth-order valence-corrected chi connectivity index (χ4v) is 8.49. The average molecular weight is 914 g/mol. The predicted octanol–water partition coefficient (Wildman–Crippen LogP) is -8.59. The molecular weight excluding hydrogens is 864 g/mol. The summed E-state index contributed by atoms with van der Waals surface area (Å²) in [5, 5.41) is 70.3. The second-order valence-electron chi connectivity index (χ2n) is 16.6. The van der Waals surface area contributed by atoms with Crippen LogP contribution >= 0.6 is 0 Å². The van der Waals surface area contributed by atoms with Crippen LogP contribution in [0.5, 0.6) is 23.0 Å². The molecule has 6 aliphatic rings. The van der Waals surface area contributed by atoms with Crippen LogP contribution in [-0.4, -0.2) is 165 Å². The quantitative estimate of drug-likeness (QED) is 0.0990. The van der Waals surface area contributed by atoms with E-state index in [9.17, 15) is 59.1 Å². The topological polar surface area (TPSA) is 315 Å². The number of fused-ring (bicyclic) bond motifs is 2. The van der Waals surface area contributed by atoms with Gasteiger partial charge >= 0.3 is 84.6 Å². The molecule has 336 valence electrons. The molecule has 4 fully saturated rings. The van der Waals surface area contributed by atoms with E-state index in [0.717, 1.165) is 0 Å². The molecule has 0 spiro atoms. The largest absolute Gasteiger partial charge is 1.00 e. The summed E-state index contributed by atoms with van der Waals surface area (Å²) < 4.78 is 21.9. The van der Waals surface area contributed by atoms with E-state index >= 15 is 0 Å². The number of ether oxygens (including phenoxy) is 2. The summed E-state index contributed by atoms with van der Waals surface area (Å²) in [5.74, 6) is -3.12. The maximum Gasteiger partial charge on any atom is 1.00 e. The van der Waals surface area contributed by atoms with Crippen molar-refractivity contribution in [3.63, 3.8) is 0 Å². The van der Waals surface area contributed by atoms with Crippen LogP contribution in [0.3, 0.4) is 0 Å². The number of carboxylic acid groups (broad SMARTS) is 2. The van der Waals surface area contributed by atoms with E-state index < -0.39 is 37.7 Å². The Kier molecular flexibility index (Phi) is 16.8. The van der Waals surface area contributed by atoms with Gasteiger partial charge in [-0.2, -0.15) is 0 Å². The maximum absolute atomic E-state index is 12.6. The standard InChI is InChI=1S/2C19H25BN3O8.2Na/c2*1-10(24)22-12-6-14(21-7-12)18(25)23-8-13(9-23)30-15-3-2-11-4-5-20(28,29)31-17(11)16(15)19(26)27;;/h2*2-3,12-14,21,28-29H,4-9H2,1H3,(H,22,24)(H,26,27);;/q2*-1;2*+1/t2*12-,14-;;/m00../s1. The maximum atomic E-state index is 12.6. The molecule has 2 aromatic rings. The van der Waals surface area contributed by atoms with Crippen molar-refractivity contribution in [1.29, 1.82) is 0 Å². The minimum absolute atomic E-state index is 0. The minimum Gasteiger partial charge on any atom is -0.669 e. The minimum atomic E-state index is -3.11. The van der Waals surface area contributed by atoms with Gasteiger partial charge in [-0.15, -0.1) is 0 Å². The summed E-state index contributed by atoms with van der Waals surface area (Å²) in [6.45, 7) is -1.10. The van der Waals surface area contributed by atoms with E-state index in [0.29, 0.717) is 63.2 Å². The van der Waals surface area contributed by atoms with Crippen LogP contribution in [0.25, 0.3) is 0 Å². The molecule has 6 aliphatic heterocycles. The van der Waals surface area contributed by atoms with Crippen LogP contribution in [0.2, 0.25) is 12.6 Å². The number of nitrogens with zero attached hydrogens (tertiary/aromatic N) is 2. The number of aryl methyl sites for hydroxylation is 2. The molecule has 8 rings (SSSR count). The first-order valence-electron chi connectivity index (χ1n) is 20.5. The third-order valence-corrected chi connectivity index (χ3v) is 11.6. The summed E-state index contributed by atoms with van der Waals surface area (Å²) in [6.07, 6.45) is 0.776. The molecule has 4 saturated heterocycles. The van der Waals surface area contributed by atoms with Crippen molar-refractivity contribution in [3.8, 4) is 23.0 Å². The third kappa shape index (κ3) is 12.0. The summed E-state index contributed by atoms with van der Waals surface area (Å²) in [4.78, 5) is 74.5. The zero-order chi connectivity index (χ0) is 44.7. The van der Waals surface area contributed by atoms with Gasteiger partial charge in [0.05, 0.1) is 49.8 Å². The summed E-state index contributed by atoms with van der Waals surface area (Å²) in [7, 11) is 0. The predicted molar refractivity (Wildman–Crippen MR) is 215 cm³/mol. The van der Waals surface area contributed by atoms with E-state index in [1.807, 2.05) is 0 Å². The second kappa shape index (κ2) is 20.9. The number of carbonyl (C=O) groups excluding carboxylic acids is 4. The van der Waals surface area contributed by atoms with Gasteiger partial charge in [0.15, 0.2) is 0 Å². The van der Waals surface area contributed by atoms with E-state index in [2.05, 4.69) is 21.3 Å². The molecule has 2 aromatic carbocycles. The Labute approximate surface area is 411 Å². The number of carboxylic acids is 2. The smallest absolute Gasteiger partial charge is 0.669 e. The molecule has 6 heterocycles. The summed E-state index contributed by atoms with van der Waals surface area (Å²) in [6, 6.07) is 5.43. The van der Waals surface area contributed by atoms with Gasteiger partial charge < -0.3 is 80.2 Å². The third-order valence-electron chi connectivity index (χ3n) is 11.6. The van der Waals surface area contributed by atoms with Crippen molar-refractivity contribution in [1.82, 2.24) is 31.1 Å². The fourth-order valence-electron chi connectivity index (χ4n) is 8.49. The Morgan fingerprint density at radius 2 is 1.00 bits per heavy atom. The number of hydrogen-bond donors (Lipinski definition) is 10. The summed E-state index contributed by atoms with van der Waals surface area (Å²) in [5.41, 5.74) is 0.618. The molecular formula is C38H50B2N6Na2O16. The first-order valence-corrected chi connectivity index (χ1v) is 20.5. The SMILES string of the molecule is CC(=O)N[C@@H]1CN[C@H](C(=O)N2CC(Oc3ccc4c(c3C(=O)O)O[B-](O)(O)CC4)C2)C1.CC(=O)N[C@@H]1CN[C@H](C(=O)N2CC(Oc3ccc4c(c3C(=O)O)O[B-](O)(O)CC4)C2)C1.[Na+].[Na+]. The van der Waals surface area contributed by atoms with Gasteiger partial charge in [0.2, 0.25) is 23.6 Å². The van der Waals surface area contributed by atoms with Gasteiger partial charge in [0, 0.05) is 39.0 Å². The Hall–Kier alpha value is -3.65. The van der Waals surface area contributed by atoms with Crippen molar-refractivity contribution in [2.24, 2.45) is 0 Å². The molecule has 0 unspecified atom stereocenters. The molecule has 22 nitrogen and oxygen atoms in total. The van der Waals surface area contributed by atoms with E-state index in [4.69, 9.17) is 18.8 Å². The van der Waals surface area contributed by atoms with E-state index in [1.165, 1.54) is 26.0 Å². The number of benzene rings is 2. The van der Waals surface area contributed by atoms with Crippen molar-refractivity contribution in [2.75, 3.05) is 39.3 Å². The second-order valence-corrected chi connectivity index (χ2v) is 16.6. The monoisotopic (exact) mass is 914 g/mol. The van der Waals surface area contributed by atoms with Crippen LogP contribution in [0, 0.1) is 0 Å². The molecule has 0 radical (unpaired) electrons. The number of nitrogens with one attached hydrogen (secondary N) is 4. The van der Waals surface area contributed by atoms with Crippen molar-refractivity contribution < 1.29 is 137 Å². The number of rotatable bonds is 10.